The van der Waals surface area contributed by atoms with Crippen LogP contribution < -0.4 is 11.5 Å². The van der Waals surface area contributed by atoms with Crippen LogP contribution >= 0.6 is 0 Å². The number of aromatic amines is 1. The summed E-state index contributed by atoms with van der Waals surface area (Å²) >= 11 is 0. The Morgan fingerprint density at radius 1 is 1.12 bits per heavy atom. The number of nitrogen functional groups attached to an aromatic ring is 2. The van der Waals surface area contributed by atoms with Gasteiger partial charge in [-0.1, -0.05) is 0 Å². The third kappa shape index (κ3) is 1.97. The van der Waals surface area contributed by atoms with Crippen molar-refractivity contribution in [2.45, 2.75) is 0 Å². The predicted molar refractivity (Wildman–Crippen MR) is 58.0 cm³/mol. The Labute approximate surface area is 90.2 Å². The molecule has 0 aliphatic carbocycles. The molecule has 0 aliphatic rings. The lowest BCUT2D eigenvalue weighted by Gasteiger charge is -1.92. The molecule has 0 saturated carbocycles. The molecule has 7 heteroatoms. The van der Waals surface area contributed by atoms with E-state index in [1.165, 1.54) is 24.3 Å². The summed E-state index contributed by atoms with van der Waals surface area (Å²) in [6, 6.07) is 5.56. The zero-order valence-corrected chi connectivity index (χ0v) is 8.18. The summed E-state index contributed by atoms with van der Waals surface area (Å²) in [7, 11) is 0. The number of rotatable bonds is 2. The van der Waals surface area contributed by atoms with E-state index in [4.69, 9.17) is 11.5 Å². The SMILES string of the molecule is Nc1n[nH]c(N)c1N=Nc1ccc(F)cc1. The van der Waals surface area contributed by atoms with Gasteiger partial charge in [-0.15, -0.1) is 5.11 Å². The number of hydrogen-bond donors (Lipinski definition) is 3. The number of halogens is 1. The van der Waals surface area contributed by atoms with E-state index in [1.807, 2.05) is 0 Å². The molecular formula is C9H9FN6. The van der Waals surface area contributed by atoms with Gasteiger partial charge in [-0.2, -0.15) is 10.2 Å². The molecule has 0 bridgehead atoms. The summed E-state index contributed by atoms with van der Waals surface area (Å²) in [4.78, 5) is 0. The van der Waals surface area contributed by atoms with Gasteiger partial charge in [0, 0.05) is 0 Å². The summed E-state index contributed by atoms with van der Waals surface area (Å²) < 4.78 is 12.6. The van der Waals surface area contributed by atoms with Crippen molar-refractivity contribution in [3.8, 4) is 0 Å². The van der Waals surface area contributed by atoms with Gasteiger partial charge in [0.05, 0.1) is 5.69 Å². The fourth-order valence-corrected chi connectivity index (χ4v) is 1.08. The van der Waals surface area contributed by atoms with Crippen molar-refractivity contribution < 1.29 is 4.39 Å². The molecule has 1 heterocycles. The molecule has 0 saturated heterocycles. The summed E-state index contributed by atoms with van der Waals surface area (Å²) in [6.07, 6.45) is 0. The number of anilines is 2. The molecule has 0 atom stereocenters. The summed E-state index contributed by atoms with van der Waals surface area (Å²) in [5.41, 5.74) is 11.8. The number of aromatic nitrogens is 2. The number of benzene rings is 1. The van der Waals surface area contributed by atoms with Crippen LogP contribution in [-0.2, 0) is 0 Å². The number of nitrogens with two attached hydrogens (primary N) is 2. The van der Waals surface area contributed by atoms with Crippen LogP contribution in [0.25, 0.3) is 0 Å². The topological polar surface area (TPSA) is 105 Å². The molecule has 0 radical (unpaired) electrons. The first-order valence-electron chi connectivity index (χ1n) is 4.43. The molecule has 0 spiro atoms. The number of H-pyrrole nitrogens is 1. The van der Waals surface area contributed by atoms with E-state index in [9.17, 15) is 4.39 Å². The minimum Gasteiger partial charge on any atom is -0.382 e. The van der Waals surface area contributed by atoms with Gasteiger partial charge in [-0.3, -0.25) is 5.10 Å². The van der Waals surface area contributed by atoms with Gasteiger partial charge >= 0.3 is 0 Å². The highest BCUT2D eigenvalue weighted by Crippen LogP contribution is 2.27. The van der Waals surface area contributed by atoms with Crippen molar-refractivity contribution in [2.24, 2.45) is 10.2 Å². The van der Waals surface area contributed by atoms with Crippen molar-refractivity contribution in [1.82, 2.24) is 10.2 Å². The molecule has 1 aromatic carbocycles. The minimum atomic E-state index is -0.332. The smallest absolute Gasteiger partial charge is 0.175 e. The van der Waals surface area contributed by atoms with Crippen LogP contribution in [0, 0.1) is 5.82 Å². The average molecular weight is 220 g/mol. The Bertz CT molecular complexity index is 496. The second-order valence-corrected chi connectivity index (χ2v) is 3.05. The fraction of sp³-hybridized carbons (Fsp3) is 0. The van der Waals surface area contributed by atoms with E-state index in [2.05, 4.69) is 20.4 Å². The Balaban J connectivity index is 2.24. The van der Waals surface area contributed by atoms with Crippen molar-refractivity contribution in [2.75, 3.05) is 11.5 Å². The van der Waals surface area contributed by atoms with Gasteiger partial charge in [0.25, 0.3) is 0 Å². The van der Waals surface area contributed by atoms with Crippen LogP contribution in [0.5, 0.6) is 0 Å². The predicted octanol–water partition coefficient (Wildman–Crippen LogP) is 2.13. The first-order valence-corrected chi connectivity index (χ1v) is 4.43. The van der Waals surface area contributed by atoms with E-state index >= 15 is 0 Å². The number of nitrogens with zero attached hydrogens (tertiary/aromatic N) is 3. The van der Waals surface area contributed by atoms with Gasteiger partial charge in [0.2, 0.25) is 0 Å². The summed E-state index contributed by atoms with van der Waals surface area (Å²) in [6.45, 7) is 0. The molecule has 0 amide bonds. The second kappa shape index (κ2) is 3.97. The van der Waals surface area contributed by atoms with Gasteiger partial charge in [-0.25, -0.2) is 4.39 Å². The molecule has 1 aromatic heterocycles. The van der Waals surface area contributed by atoms with E-state index in [0.717, 1.165) is 0 Å². The Hall–Kier alpha value is -2.44. The van der Waals surface area contributed by atoms with Crippen LogP contribution in [0.1, 0.15) is 0 Å². The lowest BCUT2D eigenvalue weighted by molar-refractivity contribution is 0.628. The van der Waals surface area contributed by atoms with Gasteiger partial charge in [0.1, 0.15) is 11.6 Å². The maximum absolute atomic E-state index is 12.6. The highest BCUT2D eigenvalue weighted by Gasteiger charge is 2.06. The Morgan fingerprint density at radius 2 is 1.81 bits per heavy atom. The van der Waals surface area contributed by atoms with Gasteiger partial charge < -0.3 is 11.5 Å². The Kier molecular flexibility index (Phi) is 2.50. The molecule has 0 fully saturated rings. The molecule has 82 valence electrons. The second-order valence-electron chi connectivity index (χ2n) is 3.05. The molecule has 2 aromatic rings. The normalized spacial score (nSPS) is 11.1. The van der Waals surface area contributed by atoms with Crippen molar-refractivity contribution in [3.63, 3.8) is 0 Å². The van der Waals surface area contributed by atoms with E-state index in [0.29, 0.717) is 5.69 Å². The first kappa shape index (κ1) is 10.1. The van der Waals surface area contributed by atoms with Crippen LogP contribution in [0.15, 0.2) is 34.5 Å². The molecule has 5 N–H and O–H groups in total. The number of nitrogens with one attached hydrogen (secondary N) is 1. The molecular weight excluding hydrogens is 211 g/mol. The largest absolute Gasteiger partial charge is 0.382 e. The maximum Gasteiger partial charge on any atom is 0.175 e. The van der Waals surface area contributed by atoms with Crippen LogP contribution in [-0.4, -0.2) is 10.2 Å². The minimum absolute atomic E-state index is 0.170. The molecule has 2 rings (SSSR count). The summed E-state index contributed by atoms with van der Waals surface area (Å²) in [5.74, 6) is 0.0769. The van der Waals surface area contributed by atoms with Crippen LogP contribution in [0.4, 0.5) is 27.4 Å². The lowest BCUT2D eigenvalue weighted by atomic mass is 10.3. The van der Waals surface area contributed by atoms with Crippen molar-refractivity contribution >= 4 is 23.0 Å². The van der Waals surface area contributed by atoms with E-state index in [-0.39, 0.29) is 23.1 Å². The van der Waals surface area contributed by atoms with Crippen molar-refractivity contribution in [1.29, 1.82) is 0 Å². The van der Waals surface area contributed by atoms with Crippen LogP contribution in [0.2, 0.25) is 0 Å². The molecule has 0 unspecified atom stereocenters. The molecule has 0 aliphatic heterocycles. The maximum atomic E-state index is 12.6. The fourth-order valence-electron chi connectivity index (χ4n) is 1.08. The zero-order chi connectivity index (χ0) is 11.5. The molecule has 16 heavy (non-hydrogen) atoms. The lowest BCUT2D eigenvalue weighted by Crippen LogP contribution is -1.84. The van der Waals surface area contributed by atoms with Crippen LogP contribution in [0.3, 0.4) is 0 Å². The monoisotopic (exact) mass is 220 g/mol. The van der Waals surface area contributed by atoms with E-state index in [1.54, 1.807) is 0 Å². The third-order valence-electron chi connectivity index (χ3n) is 1.89. The average Bonchev–Trinajstić information content (AvgIpc) is 2.59. The number of azo groups is 1. The van der Waals surface area contributed by atoms with Gasteiger partial charge in [-0.05, 0) is 24.3 Å². The first-order chi connectivity index (χ1) is 7.66. The van der Waals surface area contributed by atoms with E-state index < -0.39 is 0 Å². The highest BCUT2D eigenvalue weighted by molar-refractivity contribution is 5.70. The number of hydrogen-bond acceptors (Lipinski definition) is 5. The zero-order valence-electron chi connectivity index (χ0n) is 8.18. The Morgan fingerprint density at radius 3 is 2.38 bits per heavy atom. The van der Waals surface area contributed by atoms with Gasteiger partial charge in [0.15, 0.2) is 11.5 Å². The summed E-state index contributed by atoms with van der Waals surface area (Å²) in [5, 5.41) is 13.8. The highest BCUT2D eigenvalue weighted by atomic mass is 19.1. The standard InChI is InChI=1S/C9H9FN6/c10-5-1-3-6(4-2-5)13-14-7-8(11)15-16-9(7)12/h1-4H,(H5,11,12,15,16). The molecule has 6 nitrogen and oxygen atoms in total. The quantitative estimate of drug-likeness (QED) is 0.675. The van der Waals surface area contributed by atoms with Crippen molar-refractivity contribution in [3.05, 3.63) is 30.1 Å². The third-order valence-corrected chi connectivity index (χ3v) is 1.89.